The van der Waals surface area contributed by atoms with Crippen molar-refractivity contribution in [3.8, 4) is 0 Å². The predicted molar refractivity (Wildman–Crippen MR) is 146 cm³/mol. The summed E-state index contributed by atoms with van der Waals surface area (Å²) in [6, 6.07) is 0. The Morgan fingerprint density at radius 3 is 1.80 bits per heavy atom. The van der Waals surface area contributed by atoms with Gasteiger partial charge in [0.1, 0.15) is 12.7 Å². The summed E-state index contributed by atoms with van der Waals surface area (Å²) in [7, 11) is 6.60. The van der Waals surface area contributed by atoms with Crippen molar-refractivity contribution >= 4 is 5.97 Å². The maximum Gasteiger partial charge on any atom is 0.305 e. The first kappa shape index (κ1) is 32.4. The Hall–Kier alpha value is -0.650. The first-order chi connectivity index (χ1) is 16.9. The van der Waals surface area contributed by atoms with Gasteiger partial charge in [-0.2, -0.15) is 0 Å². The molecule has 0 unspecified atom stereocenters. The van der Waals surface area contributed by atoms with E-state index in [1.54, 1.807) is 0 Å². The average Bonchev–Trinajstić information content (AvgIpc) is 3.27. The van der Waals surface area contributed by atoms with Gasteiger partial charge in [-0.3, -0.25) is 4.79 Å². The summed E-state index contributed by atoms with van der Waals surface area (Å²) in [5.74, 6) is -0.107. The fourth-order valence-corrected chi connectivity index (χ4v) is 4.72. The van der Waals surface area contributed by atoms with Crippen molar-refractivity contribution in [2.24, 2.45) is 0 Å². The maximum atomic E-state index is 11.9. The highest BCUT2D eigenvalue weighted by Crippen LogP contribution is 2.19. The van der Waals surface area contributed by atoms with Crippen LogP contribution >= 0.6 is 0 Å². The van der Waals surface area contributed by atoms with Gasteiger partial charge in [0.05, 0.1) is 34.3 Å². The molecule has 2 atom stereocenters. The lowest BCUT2D eigenvalue weighted by Crippen LogP contribution is -2.35. The lowest BCUT2D eigenvalue weighted by atomic mass is 10.0. The quantitative estimate of drug-likeness (QED) is 0.0773. The second kappa shape index (κ2) is 21.4. The van der Waals surface area contributed by atoms with Crippen LogP contribution < -0.4 is 0 Å². The summed E-state index contributed by atoms with van der Waals surface area (Å²) in [5, 5.41) is 0. The zero-order valence-corrected chi connectivity index (χ0v) is 24.0. The molecule has 0 aromatic rings. The van der Waals surface area contributed by atoms with Gasteiger partial charge in [-0.1, -0.05) is 96.8 Å². The van der Waals surface area contributed by atoms with Crippen molar-refractivity contribution in [3.63, 3.8) is 0 Å². The van der Waals surface area contributed by atoms with E-state index in [2.05, 4.69) is 28.1 Å². The van der Waals surface area contributed by atoms with Crippen LogP contribution in [0.3, 0.4) is 0 Å². The van der Waals surface area contributed by atoms with Crippen LogP contribution in [0.15, 0.2) is 0 Å². The third kappa shape index (κ3) is 21.2. The van der Waals surface area contributed by atoms with Gasteiger partial charge in [0, 0.05) is 6.42 Å². The number of rotatable bonds is 24. The largest absolute Gasteiger partial charge is 0.463 e. The van der Waals surface area contributed by atoms with E-state index < -0.39 is 0 Å². The molecule has 0 saturated carbocycles. The number of ether oxygens (including phenoxy) is 3. The predicted octanol–water partition coefficient (Wildman–Crippen LogP) is 7.80. The Labute approximate surface area is 218 Å². The molecular formula is C30H60NO4+. The molecule has 1 aliphatic rings. The SMILES string of the molecule is CCCCCCCCCCCCCCCCC[C@H]1OC[C@H](COC(=O)CCCCC[N+](C)(C)C)O1. The van der Waals surface area contributed by atoms with Gasteiger partial charge in [-0.05, 0) is 32.1 Å². The number of hydrogen-bond acceptors (Lipinski definition) is 4. The fourth-order valence-electron chi connectivity index (χ4n) is 4.72. The number of carbonyl (C=O) groups is 1. The highest BCUT2D eigenvalue weighted by molar-refractivity contribution is 5.69. The molecule has 5 heteroatoms. The molecule has 0 N–H and O–H groups in total. The first-order valence-corrected chi connectivity index (χ1v) is 15.1. The molecule has 0 amide bonds. The average molecular weight is 499 g/mol. The molecule has 1 saturated heterocycles. The molecular weight excluding hydrogens is 438 g/mol. The number of quaternary nitrogens is 1. The van der Waals surface area contributed by atoms with Crippen LogP contribution in [0.25, 0.3) is 0 Å². The Kier molecular flexibility index (Phi) is 19.8. The van der Waals surface area contributed by atoms with Gasteiger partial charge >= 0.3 is 5.97 Å². The summed E-state index contributed by atoms with van der Waals surface area (Å²) in [6.45, 7) is 4.30. The van der Waals surface area contributed by atoms with Crippen LogP contribution in [-0.2, 0) is 19.0 Å². The van der Waals surface area contributed by atoms with Crippen molar-refractivity contribution in [1.29, 1.82) is 0 Å². The van der Waals surface area contributed by atoms with Crippen molar-refractivity contribution in [2.75, 3.05) is 40.9 Å². The van der Waals surface area contributed by atoms with Crippen molar-refractivity contribution in [3.05, 3.63) is 0 Å². The molecule has 1 rings (SSSR count). The highest BCUT2D eigenvalue weighted by atomic mass is 16.7. The van der Waals surface area contributed by atoms with E-state index in [9.17, 15) is 4.79 Å². The minimum absolute atomic E-state index is 0.0986. The van der Waals surface area contributed by atoms with Crippen LogP contribution in [0, 0.1) is 0 Å². The van der Waals surface area contributed by atoms with Crippen molar-refractivity contribution < 1.29 is 23.5 Å². The topological polar surface area (TPSA) is 44.8 Å². The molecule has 1 heterocycles. The molecule has 0 aliphatic carbocycles. The number of carbonyl (C=O) groups excluding carboxylic acids is 1. The van der Waals surface area contributed by atoms with Gasteiger partial charge in [-0.15, -0.1) is 0 Å². The molecule has 5 nitrogen and oxygen atoms in total. The summed E-state index contributed by atoms with van der Waals surface area (Å²) in [6.07, 6.45) is 25.1. The zero-order chi connectivity index (χ0) is 25.6. The van der Waals surface area contributed by atoms with E-state index in [0.29, 0.717) is 19.6 Å². The normalized spacial score (nSPS) is 18.3. The van der Waals surface area contributed by atoms with E-state index in [1.807, 2.05) is 0 Å². The minimum atomic E-state index is -0.115. The maximum absolute atomic E-state index is 11.9. The van der Waals surface area contributed by atoms with E-state index in [4.69, 9.17) is 14.2 Å². The van der Waals surface area contributed by atoms with Crippen LogP contribution in [-0.4, -0.2) is 63.7 Å². The first-order valence-electron chi connectivity index (χ1n) is 15.1. The smallest absolute Gasteiger partial charge is 0.305 e. The second-order valence-electron chi connectivity index (χ2n) is 11.8. The second-order valence-corrected chi connectivity index (χ2v) is 11.8. The summed E-state index contributed by atoms with van der Waals surface area (Å²) in [5.41, 5.74) is 0. The Balaban J connectivity index is 1.84. The Bertz CT molecular complexity index is 491. The Morgan fingerprint density at radius 1 is 0.743 bits per heavy atom. The van der Waals surface area contributed by atoms with E-state index in [1.165, 1.54) is 89.9 Å². The molecule has 0 spiro atoms. The van der Waals surface area contributed by atoms with Gasteiger partial charge in [0.25, 0.3) is 0 Å². The monoisotopic (exact) mass is 498 g/mol. The minimum Gasteiger partial charge on any atom is -0.463 e. The molecule has 1 aliphatic heterocycles. The summed E-state index contributed by atoms with van der Waals surface area (Å²) < 4.78 is 18.0. The lowest BCUT2D eigenvalue weighted by Gasteiger charge is -2.23. The molecule has 35 heavy (non-hydrogen) atoms. The van der Waals surface area contributed by atoms with Gasteiger partial charge < -0.3 is 18.7 Å². The number of unbranched alkanes of at least 4 members (excludes halogenated alkanes) is 16. The fraction of sp³-hybridized carbons (Fsp3) is 0.967. The van der Waals surface area contributed by atoms with Crippen LogP contribution in [0.2, 0.25) is 0 Å². The molecule has 1 fully saturated rings. The summed E-state index contributed by atoms with van der Waals surface area (Å²) >= 11 is 0. The number of nitrogens with zero attached hydrogens (tertiary/aromatic N) is 1. The van der Waals surface area contributed by atoms with E-state index in [-0.39, 0.29) is 18.4 Å². The van der Waals surface area contributed by atoms with E-state index >= 15 is 0 Å². The number of esters is 1. The third-order valence-electron chi connectivity index (χ3n) is 7.00. The van der Waals surface area contributed by atoms with Crippen LogP contribution in [0.4, 0.5) is 0 Å². The third-order valence-corrected chi connectivity index (χ3v) is 7.00. The zero-order valence-electron chi connectivity index (χ0n) is 24.0. The standard InChI is InChI=1S/C30H60NO4/c1-5-6-7-8-9-10-11-12-13-14-15-16-17-18-21-24-30-34-27-28(35-30)26-33-29(32)23-20-19-22-25-31(2,3)4/h28,30H,5-27H2,1-4H3/q+1/t28-,30-/m0/s1. The molecule has 0 aromatic heterocycles. The molecule has 0 aromatic carbocycles. The molecule has 0 radical (unpaired) electrons. The van der Waals surface area contributed by atoms with Crippen LogP contribution in [0.5, 0.6) is 0 Å². The Morgan fingerprint density at radius 2 is 1.26 bits per heavy atom. The van der Waals surface area contributed by atoms with Crippen molar-refractivity contribution in [1.82, 2.24) is 0 Å². The van der Waals surface area contributed by atoms with Crippen molar-refractivity contribution in [2.45, 2.75) is 148 Å². The lowest BCUT2D eigenvalue weighted by molar-refractivity contribution is -0.870. The number of hydrogen-bond donors (Lipinski definition) is 0. The van der Waals surface area contributed by atoms with E-state index in [0.717, 1.165) is 43.1 Å². The molecule has 0 bridgehead atoms. The van der Waals surface area contributed by atoms with Gasteiger partial charge in [-0.25, -0.2) is 0 Å². The van der Waals surface area contributed by atoms with Crippen LogP contribution in [0.1, 0.15) is 135 Å². The summed E-state index contributed by atoms with van der Waals surface area (Å²) in [4.78, 5) is 11.9. The van der Waals surface area contributed by atoms with Gasteiger partial charge in [0.2, 0.25) is 0 Å². The molecule has 208 valence electrons. The van der Waals surface area contributed by atoms with Gasteiger partial charge in [0.15, 0.2) is 6.29 Å². The highest BCUT2D eigenvalue weighted by Gasteiger charge is 2.26.